The largest absolute Gasteiger partial charge is 0.332 e. The highest BCUT2D eigenvalue weighted by molar-refractivity contribution is 5.33. The molecule has 0 fully saturated rings. The maximum atomic E-state index is 10.1. The van der Waals surface area contributed by atoms with Crippen LogP contribution in [0.3, 0.4) is 0 Å². The van der Waals surface area contributed by atoms with E-state index in [0.717, 1.165) is 18.5 Å². The van der Waals surface area contributed by atoms with Crippen LogP contribution in [0.15, 0.2) is 54.9 Å². The molecule has 0 radical (unpaired) electrons. The smallest absolute Gasteiger partial charge is 0.157 e. The van der Waals surface area contributed by atoms with Crippen molar-refractivity contribution in [1.29, 1.82) is 5.26 Å². The number of nitrogens with zero attached hydrogens (tertiary/aromatic N) is 3. The fourth-order valence-electron chi connectivity index (χ4n) is 3.31. The van der Waals surface area contributed by atoms with E-state index in [9.17, 15) is 5.26 Å². The van der Waals surface area contributed by atoms with Crippen molar-refractivity contribution >= 4 is 0 Å². The van der Waals surface area contributed by atoms with Crippen LogP contribution in [0.2, 0.25) is 0 Å². The average molecular weight is 309 g/mol. The Bertz CT molecular complexity index is 615. The van der Waals surface area contributed by atoms with Gasteiger partial charge in [0.2, 0.25) is 0 Å². The number of benzene rings is 1. The van der Waals surface area contributed by atoms with Crippen molar-refractivity contribution in [1.82, 2.24) is 9.47 Å². The van der Waals surface area contributed by atoms with Crippen LogP contribution in [0, 0.1) is 11.3 Å². The second-order valence-electron chi connectivity index (χ2n) is 6.60. The highest BCUT2D eigenvalue weighted by atomic mass is 15.2. The second-order valence-corrected chi connectivity index (χ2v) is 6.60. The zero-order valence-electron chi connectivity index (χ0n) is 14.6. The van der Waals surface area contributed by atoms with Crippen LogP contribution in [0.5, 0.6) is 0 Å². The minimum atomic E-state index is -0.660. The topological polar surface area (TPSA) is 32.0 Å². The third kappa shape index (κ3) is 3.65. The molecule has 3 nitrogen and oxygen atoms in total. The molecule has 23 heavy (non-hydrogen) atoms. The highest BCUT2D eigenvalue weighted by Crippen LogP contribution is 2.30. The van der Waals surface area contributed by atoms with Gasteiger partial charge < -0.3 is 4.57 Å². The van der Waals surface area contributed by atoms with Gasteiger partial charge in [0.25, 0.3) is 0 Å². The molecule has 0 saturated carbocycles. The van der Waals surface area contributed by atoms with Gasteiger partial charge in [-0.05, 0) is 45.4 Å². The molecule has 0 N–H and O–H groups in total. The standard InChI is InChI=1S/C20H27N3/c1-17(2)23(18(3)4)15-12-20(16-21,22-13-8-9-14-22)19-10-6-5-7-11-19/h5-11,13-14,17-18H,12,15H2,1-4H3. The fourth-order valence-corrected chi connectivity index (χ4v) is 3.31. The van der Waals surface area contributed by atoms with Gasteiger partial charge in [0, 0.05) is 37.4 Å². The number of rotatable bonds is 7. The van der Waals surface area contributed by atoms with Gasteiger partial charge in [-0.3, -0.25) is 4.90 Å². The minimum absolute atomic E-state index is 0.465. The van der Waals surface area contributed by atoms with E-state index in [2.05, 4.69) is 50.8 Å². The predicted molar refractivity (Wildman–Crippen MR) is 95.2 cm³/mol. The summed E-state index contributed by atoms with van der Waals surface area (Å²) in [4.78, 5) is 2.44. The van der Waals surface area contributed by atoms with E-state index in [0.29, 0.717) is 12.1 Å². The number of aromatic nitrogens is 1. The van der Waals surface area contributed by atoms with Gasteiger partial charge in [0.1, 0.15) is 0 Å². The lowest BCUT2D eigenvalue weighted by Gasteiger charge is -2.35. The fraction of sp³-hybridized carbons (Fsp3) is 0.450. The summed E-state index contributed by atoms with van der Waals surface area (Å²) in [5.74, 6) is 0. The van der Waals surface area contributed by atoms with Gasteiger partial charge in [-0.15, -0.1) is 0 Å². The summed E-state index contributed by atoms with van der Waals surface area (Å²) in [5, 5.41) is 10.1. The van der Waals surface area contributed by atoms with Crippen LogP contribution in [-0.4, -0.2) is 28.1 Å². The quantitative estimate of drug-likeness (QED) is 0.765. The Morgan fingerprint density at radius 3 is 2.04 bits per heavy atom. The van der Waals surface area contributed by atoms with Crippen LogP contribution in [0.4, 0.5) is 0 Å². The number of nitriles is 1. The van der Waals surface area contributed by atoms with Gasteiger partial charge in [-0.1, -0.05) is 30.3 Å². The first-order valence-corrected chi connectivity index (χ1v) is 8.37. The predicted octanol–water partition coefficient (Wildman–Crippen LogP) is 4.26. The summed E-state index contributed by atoms with van der Waals surface area (Å²) in [6.07, 6.45) is 4.75. The van der Waals surface area contributed by atoms with Crippen molar-refractivity contribution in [2.75, 3.05) is 6.54 Å². The molecule has 2 rings (SSSR count). The van der Waals surface area contributed by atoms with Crippen molar-refractivity contribution in [2.45, 2.75) is 51.7 Å². The first kappa shape index (κ1) is 17.3. The van der Waals surface area contributed by atoms with Gasteiger partial charge in [-0.2, -0.15) is 5.26 Å². The molecule has 1 unspecified atom stereocenters. The molecule has 0 aliphatic carbocycles. The van der Waals surface area contributed by atoms with Gasteiger partial charge >= 0.3 is 0 Å². The zero-order chi connectivity index (χ0) is 16.9. The molecule has 3 heteroatoms. The molecule has 0 aliphatic rings. The van der Waals surface area contributed by atoms with Crippen LogP contribution in [0.25, 0.3) is 0 Å². The second kappa shape index (κ2) is 7.48. The molecule has 1 atom stereocenters. The summed E-state index contributed by atoms with van der Waals surface area (Å²) in [6, 6.07) is 17.6. The van der Waals surface area contributed by atoms with Crippen molar-refractivity contribution in [3.8, 4) is 6.07 Å². The molecular weight excluding hydrogens is 282 g/mol. The van der Waals surface area contributed by atoms with Crippen LogP contribution in [0.1, 0.15) is 39.7 Å². The van der Waals surface area contributed by atoms with Crippen molar-refractivity contribution in [2.24, 2.45) is 0 Å². The molecule has 0 bridgehead atoms. The van der Waals surface area contributed by atoms with E-state index < -0.39 is 5.54 Å². The van der Waals surface area contributed by atoms with E-state index in [4.69, 9.17) is 0 Å². The summed E-state index contributed by atoms with van der Waals surface area (Å²) < 4.78 is 2.04. The molecule has 122 valence electrons. The van der Waals surface area contributed by atoms with E-state index in [1.54, 1.807) is 0 Å². The zero-order valence-corrected chi connectivity index (χ0v) is 14.6. The Labute approximate surface area is 140 Å². The lowest BCUT2D eigenvalue weighted by Crippen LogP contribution is -2.42. The molecule has 2 aromatic rings. The molecular formula is C20H27N3. The maximum absolute atomic E-state index is 10.1. The molecule has 1 heterocycles. The van der Waals surface area contributed by atoms with E-state index >= 15 is 0 Å². The Morgan fingerprint density at radius 1 is 1.00 bits per heavy atom. The van der Waals surface area contributed by atoms with Crippen molar-refractivity contribution < 1.29 is 0 Å². The molecule has 1 aromatic carbocycles. The third-order valence-electron chi connectivity index (χ3n) is 4.54. The Hall–Kier alpha value is -2.05. The molecule has 0 saturated heterocycles. The first-order valence-electron chi connectivity index (χ1n) is 8.37. The summed E-state index contributed by atoms with van der Waals surface area (Å²) >= 11 is 0. The Morgan fingerprint density at radius 2 is 1.57 bits per heavy atom. The molecule has 0 spiro atoms. The Kier molecular flexibility index (Phi) is 5.63. The van der Waals surface area contributed by atoms with Crippen molar-refractivity contribution in [3.63, 3.8) is 0 Å². The minimum Gasteiger partial charge on any atom is -0.332 e. The van der Waals surface area contributed by atoms with Crippen molar-refractivity contribution in [3.05, 3.63) is 60.4 Å². The maximum Gasteiger partial charge on any atom is 0.157 e. The van der Waals surface area contributed by atoms with E-state index in [1.165, 1.54) is 0 Å². The lowest BCUT2D eigenvalue weighted by atomic mass is 9.87. The van der Waals surface area contributed by atoms with E-state index in [1.807, 2.05) is 47.3 Å². The van der Waals surface area contributed by atoms with Gasteiger partial charge in [0.05, 0.1) is 6.07 Å². The Balaban J connectivity index is 2.38. The SMILES string of the molecule is CC(C)N(CCC(C#N)(c1ccccc1)n1cccc1)C(C)C. The van der Waals surface area contributed by atoms with Gasteiger partial charge in [-0.25, -0.2) is 0 Å². The summed E-state index contributed by atoms with van der Waals surface area (Å²) in [7, 11) is 0. The number of hydrogen-bond acceptors (Lipinski definition) is 2. The first-order chi connectivity index (χ1) is 11.0. The normalized spacial score (nSPS) is 14.2. The molecule has 1 aromatic heterocycles. The van der Waals surface area contributed by atoms with Crippen LogP contribution in [-0.2, 0) is 5.54 Å². The lowest BCUT2D eigenvalue weighted by molar-refractivity contribution is 0.159. The summed E-state index contributed by atoms with van der Waals surface area (Å²) in [5.41, 5.74) is 0.387. The van der Waals surface area contributed by atoms with E-state index in [-0.39, 0.29) is 0 Å². The van der Waals surface area contributed by atoms with Crippen LogP contribution >= 0.6 is 0 Å². The summed E-state index contributed by atoms with van der Waals surface area (Å²) in [6.45, 7) is 9.74. The van der Waals surface area contributed by atoms with Gasteiger partial charge in [0.15, 0.2) is 5.54 Å². The molecule has 0 aliphatic heterocycles. The number of hydrogen-bond donors (Lipinski definition) is 0. The molecule has 0 amide bonds. The third-order valence-corrected chi connectivity index (χ3v) is 4.54. The van der Waals surface area contributed by atoms with Crippen LogP contribution < -0.4 is 0 Å². The average Bonchev–Trinajstić information content (AvgIpc) is 3.07. The monoisotopic (exact) mass is 309 g/mol. The highest BCUT2D eigenvalue weighted by Gasteiger charge is 2.34.